The van der Waals surface area contributed by atoms with Crippen molar-refractivity contribution < 1.29 is 0 Å². The summed E-state index contributed by atoms with van der Waals surface area (Å²) in [6.07, 6.45) is 1.83. The molecule has 4 heteroatoms. The molecule has 148 valence electrons. The average molecular weight is 378 g/mol. The second kappa shape index (κ2) is 7.88. The Bertz CT molecular complexity index is 1010. The fourth-order valence-electron chi connectivity index (χ4n) is 3.49. The lowest BCUT2D eigenvalue weighted by Gasteiger charge is -2.25. The van der Waals surface area contributed by atoms with Gasteiger partial charge in [0.15, 0.2) is 0 Å². The van der Waals surface area contributed by atoms with Gasteiger partial charge < -0.3 is 5.32 Å². The first-order chi connectivity index (χ1) is 13.1. The number of nitrogens with zero attached hydrogens (tertiary/aromatic N) is 2. The van der Waals surface area contributed by atoms with Crippen LogP contribution < -0.4 is 10.9 Å². The van der Waals surface area contributed by atoms with E-state index in [0.29, 0.717) is 18.1 Å². The van der Waals surface area contributed by atoms with E-state index in [-0.39, 0.29) is 17.0 Å². The van der Waals surface area contributed by atoms with Gasteiger partial charge in [-0.3, -0.25) is 9.20 Å². The molecule has 0 aliphatic rings. The van der Waals surface area contributed by atoms with Gasteiger partial charge in [0.25, 0.3) is 5.56 Å². The summed E-state index contributed by atoms with van der Waals surface area (Å²) < 4.78 is 1.60. The number of aryl methyl sites for hydroxylation is 1. The Labute approximate surface area is 167 Å². The summed E-state index contributed by atoms with van der Waals surface area (Å²) in [5.41, 5.74) is 5.20. The Hall–Kier alpha value is -2.46. The number of hydrogen-bond donors (Lipinski definition) is 1. The molecule has 0 bridgehead atoms. The van der Waals surface area contributed by atoms with E-state index in [9.17, 15) is 4.79 Å². The molecule has 2 heterocycles. The first-order valence-electron chi connectivity index (χ1n) is 9.98. The van der Waals surface area contributed by atoms with Gasteiger partial charge in [0.2, 0.25) is 0 Å². The molecule has 0 unspecified atom stereocenters. The van der Waals surface area contributed by atoms with Gasteiger partial charge >= 0.3 is 0 Å². The lowest BCUT2D eigenvalue weighted by Crippen LogP contribution is -2.27. The van der Waals surface area contributed by atoms with Crippen molar-refractivity contribution >= 4 is 5.65 Å². The van der Waals surface area contributed by atoms with Crippen LogP contribution in [0.25, 0.3) is 5.65 Å². The molecule has 3 rings (SSSR count). The molecule has 1 atom stereocenters. The van der Waals surface area contributed by atoms with Crippen molar-refractivity contribution in [1.82, 2.24) is 14.7 Å². The van der Waals surface area contributed by atoms with Crippen molar-refractivity contribution in [2.24, 2.45) is 5.92 Å². The number of rotatable bonds is 5. The minimum Gasteiger partial charge on any atom is -0.304 e. The summed E-state index contributed by atoms with van der Waals surface area (Å²) >= 11 is 0. The van der Waals surface area contributed by atoms with E-state index in [1.165, 1.54) is 11.1 Å². The fraction of sp³-hybridized carbons (Fsp3) is 0.417. The zero-order valence-corrected chi connectivity index (χ0v) is 17.8. The van der Waals surface area contributed by atoms with Gasteiger partial charge in [-0.1, -0.05) is 65.0 Å². The highest BCUT2D eigenvalue weighted by Gasteiger charge is 2.18. The maximum Gasteiger partial charge on any atom is 0.258 e. The molecule has 2 aromatic heterocycles. The Morgan fingerprint density at radius 1 is 1.07 bits per heavy atom. The SMILES string of the molecule is Cc1ccc2nc(CN[C@@H](c3ccc(C(C)(C)C)cc3)C(C)C)cc(=O)n2c1. The van der Waals surface area contributed by atoms with E-state index < -0.39 is 0 Å². The average Bonchev–Trinajstić information content (AvgIpc) is 2.62. The van der Waals surface area contributed by atoms with Gasteiger partial charge in [-0.15, -0.1) is 0 Å². The van der Waals surface area contributed by atoms with Crippen LogP contribution in [-0.4, -0.2) is 9.38 Å². The number of aromatic nitrogens is 2. The maximum atomic E-state index is 12.4. The Morgan fingerprint density at radius 3 is 2.36 bits per heavy atom. The molecule has 0 fully saturated rings. The lowest BCUT2D eigenvalue weighted by molar-refractivity contribution is 0.408. The second-order valence-electron chi connectivity index (χ2n) is 8.99. The maximum absolute atomic E-state index is 12.4. The zero-order chi connectivity index (χ0) is 20.5. The Morgan fingerprint density at radius 2 is 1.75 bits per heavy atom. The van der Waals surface area contributed by atoms with Crippen LogP contribution in [0.2, 0.25) is 0 Å². The largest absolute Gasteiger partial charge is 0.304 e. The van der Waals surface area contributed by atoms with Crippen molar-refractivity contribution in [2.75, 3.05) is 0 Å². The summed E-state index contributed by atoms with van der Waals surface area (Å²) in [7, 11) is 0. The lowest BCUT2D eigenvalue weighted by atomic mass is 9.85. The topological polar surface area (TPSA) is 46.4 Å². The van der Waals surface area contributed by atoms with Crippen molar-refractivity contribution in [1.29, 1.82) is 0 Å². The number of nitrogens with one attached hydrogen (secondary N) is 1. The van der Waals surface area contributed by atoms with Crippen LogP contribution in [0, 0.1) is 12.8 Å². The molecular weight excluding hydrogens is 346 g/mol. The normalized spacial score (nSPS) is 13.2. The van der Waals surface area contributed by atoms with Crippen LogP contribution in [-0.2, 0) is 12.0 Å². The molecule has 1 N–H and O–H groups in total. The molecule has 0 saturated carbocycles. The van der Waals surface area contributed by atoms with Gasteiger partial charge in [0.05, 0.1) is 5.69 Å². The van der Waals surface area contributed by atoms with Gasteiger partial charge in [0, 0.05) is 24.8 Å². The van der Waals surface area contributed by atoms with Crippen LogP contribution in [0.15, 0.2) is 53.5 Å². The highest BCUT2D eigenvalue weighted by Crippen LogP contribution is 2.27. The van der Waals surface area contributed by atoms with E-state index in [2.05, 4.69) is 69.2 Å². The highest BCUT2D eigenvalue weighted by atomic mass is 16.1. The quantitative estimate of drug-likeness (QED) is 0.695. The second-order valence-corrected chi connectivity index (χ2v) is 8.99. The molecule has 4 nitrogen and oxygen atoms in total. The summed E-state index contributed by atoms with van der Waals surface area (Å²) in [6.45, 7) is 13.6. The predicted octanol–water partition coefficient (Wildman–Crippen LogP) is 4.79. The van der Waals surface area contributed by atoms with Gasteiger partial charge in [-0.2, -0.15) is 0 Å². The molecule has 0 amide bonds. The van der Waals surface area contributed by atoms with Gasteiger partial charge in [-0.05, 0) is 41.0 Å². The Balaban J connectivity index is 1.81. The Kier molecular flexibility index (Phi) is 5.71. The van der Waals surface area contributed by atoms with Gasteiger partial charge in [-0.25, -0.2) is 4.98 Å². The number of fused-ring (bicyclic) bond motifs is 1. The van der Waals surface area contributed by atoms with Gasteiger partial charge in [0.1, 0.15) is 5.65 Å². The van der Waals surface area contributed by atoms with Crippen LogP contribution in [0.1, 0.15) is 63.0 Å². The molecule has 0 aliphatic heterocycles. The number of hydrogen-bond acceptors (Lipinski definition) is 3. The molecule has 28 heavy (non-hydrogen) atoms. The number of pyridine rings is 1. The van der Waals surface area contributed by atoms with E-state index in [1.54, 1.807) is 10.5 Å². The van der Waals surface area contributed by atoms with Crippen LogP contribution in [0.4, 0.5) is 0 Å². The first-order valence-corrected chi connectivity index (χ1v) is 9.98. The van der Waals surface area contributed by atoms with Crippen molar-refractivity contribution in [3.8, 4) is 0 Å². The van der Waals surface area contributed by atoms with Crippen LogP contribution in [0.3, 0.4) is 0 Å². The summed E-state index contributed by atoms with van der Waals surface area (Å²) in [4.78, 5) is 17.1. The third-order valence-electron chi connectivity index (χ3n) is 5.17. The standard InChI is InChI=1S/C24H31N3O/c1-16(2)23(18-8-10-19(11-9-18)24(4,5)6)25-14-20-13-22(28)27-15-17(3)7-12-21(27)26-20/h7-13,15-16,23,25H,14H2,1-6H3/t23-/m1/s1. The van der Waals surface area contributed by atoms with E-state index in [1.807, 2.05) is 25.3 Å². The third kappa shape index (κ3) is 4.50. The molecule has 0 aliphatic carbocycles. The van der Waals surface area contributed by atoms with Crippen molar-refractivity contribution in [2.45, 2.75) is 59.5 Å². The van der Waals surface area contributed by atoms with Crippen LogP contribution in [0.5, 0.6) is 0 Å². The van der Waals surface area contributed by atoms with E-state index >= 15 is 0 Å². The minimum atomic E-state index is -0.0406. The fourth-order valence-corrected chi connectivity index (χ4v) is 3.49. The van der Waals surface area contributed by atoms with E-state index in [4.69, 9.17) is 0 Å². The summed E-state index contributed by atoms with van der Waals surface area (Å²) in [6, 6.07) is 14.6. The molecular formula is C24H31N3O. The highest BCUT2D eigenvalue weighted by molar-refractivity contribution is 5.40. The predicted molar refractivity (Wildman–Crippen MR) is 116 cm³/mol. The monoisotopic (exact) mass is 377 g/mol. The molecule has 1 aromatic carbocycles. The number of benzene rings is 1. The molecule has 0 radical (unpaired) electrons. The van der Waals surface area contributed by atoms with Crippen molar-refractivity contribution in [3.05, 3.63) is 81.4 Å². The van der Waals surface area contributed by atoms with Crippen molar-refractivity contribution in [3.63, 3.8) is 0 Å². The molecule has 0 saturated heterocycles. The summed E-state index contributed by atoms with van der Waals surface area (Å²) in [5, 5.41) is 3.60. The zero-order valence-electron chi connectivity index (χ0n) is 17.8. The molecule has 3 aromatic rings. The third-order valence-corrected chi connectivity index (χ3v) is 5.17. The smallest absolute Gasteiger partial charge is 0.258 e. The molecule has 0 spiro atoms. The van der Waals surface area contributed by atoms with Crippen LogP contribution >= 0.6 is 0 Å². The van der Waals surface area contributed by atoms with E-state index in [0.717, 1.165) is 11.3 Å². The summed E-state index contributed by atoms with van der Waals surface area (Å²) in [5.74, 6) is 0.421. The minimum absolute atomic E-state index is 0.0406. The first kappa shape index (κ1) is 20.3.